The normalized spacial score (nSPS) is 13.5. The van der Waals surface area contributed by atoms with Crippen LogP contribution in [0.4, 0.5) is 0 Å². The Hall–Kier alpha value is -1.63. The number of amides is 1. The monoisotopic (exact) mass is 340 g/mol. The molecule has 0 aliphatic heterocycles. The Balaban J connectivity index is 2.02. The number of thiophene rings is 1. The van der Waals surface area contributed by atoms with Gasteiger partial charge in [-0.1, -0.05) is 11.6 Å². The van der Waals surface area contributed by atoms with Crippen LogP contribution in [0.2, 0.25) is 5.02 Å². The molecule has 118 valence electrons. The van der Waals surface area contributed by atoms with Gasteiger partial charge in [0.15, 0.2) is 0 Å². The molecule has 0 saturated heterocycles. The van der Waals surface area contributed by atoms with Gasteiger partial charge in [0.05, 0.1) is 18.7 Å². The molecule has 1 amide bonds. The number of halogens is 1. The number of nitrogens with zero attached hydrogens (tertiary/aromatic N) is 1. The lowest BCUT2D eigenvalue weighted by Crippen LogP contribution is -2.38. The van der Waals surface area contributed by atoms with Crippen molar-refractivity contribution < 1.29 is 14.6 Å². The number of pyridine rings is 1. The third kappa shape index (κ3) is 3.97. The fourth-order valence-corrected chi connectivity index (χ4v) is 2.82. The Kier molecular flexibility index (Phi) is 5.39. The molecular weight excluding hydrogens is 324 g/mol. The minimum absolute atomic E-state index is 0.0907. The van der Waals surface area contributed by atoms with Crippen LogP contribution in [-0.4, -0.2) is 29.1 Å². The number of carbonyl (C=O) groups excluding carboxylic acids is 1. The SMILES string of the molecule is CCOc1ncc(C(=O)NCC(C)(O)c2ccsc2)cc1Cl. The fraction of sp³-hybridized carbons (Fsp3) is 0.333. The molecule has 0 aliphatic carbocycles. The molecule has 0 aliphatic rings. The predicted octanol–water partition coefficient (Wildman–Crippen LogP) is 2.83. The highest BCUT2D eigenvalue weighted by Gasteiger charge is 2.24. The standard InChI is InChI=1S/C15H17ClN2O3S/c1-3-21-14-12(16)6-10(7-17-14)13(19)18-9-15(2,20)11-4-5-22-8-11/h4-8,20H,3,9H2,1-2H3,(H,18,19). The molecule has 0 radical (unpaired) electrons. The van der Waals surface area contributed by atoms with Gasteiger partial charge in [0.1, 0.15) is 10.6 Å². The molecule has 0 bridgehead atoms. The quantitative estimate of drug-likeness (QED) is 0.848. The van der Waals surface area contributed by atoms with Gasteiger partial charge in [-0.05, 0) is 42.3 Å². The lowest BCUT2D eigenvalue weighted by molar-refractivity contribution is 0.0530. The second kappa shape index (κ2) is 7.09. The first-order valence-corrected chi connectivity index (χ1v) is 8.07. The average Bonchev–Trinajstić information content (AvgIpc) is 3.02. The molecule has 2 aromatic rings. The van der Waals surface area contributed by atoms with E-state index in [-0.39, 0.29) is 17.5 Å². The van der Waals surface area contributed by atoms with Crippen molar-refractivity contribution in [3.8, 4) is 5.88 Å². The molecule has 22 heavy (non-hydrogen) atoms. The summed E-state index contributed by atoms with van der Waals surface area (Å²) in [6, 6.07) is 3.32. The summed E-state index contributed by atoms with van der Waals surface area (Å²) in [5.74, 6) is -0.0565. The third-order valence-corrected chi connectivity index (χ3v) is 4.04. The second-order valence-electron chi connectivity index (χ2n) is 4.91. The van der Waals surface area contributed by atoms with Crippen LogP contribution in [0.3, 0.4) is 0 Å². The first-order chi connectivity index (χ1) is 10.4. The zero-order valence-electron chi connectivity index (χ0n) is 12.3. The smallest absolute Gasteiger partial charge is 0.253 e. The molecule has 7 heteroatoms. The van der Waals surface area contributed by atoms with Gasteiger partial charge in [-0.15, -0.1) is 0 Å². The minimum atomic E-state index is -1.13. The topological polar surface area (TPSA) is 71.5 Å². The summed E-state index contributed by atoms with van der Waals surface area (Å²) in [5.41, 5.74) is -0.0479. The molecule has 1 unspecified atom stereocenters. The number of nitrogens with one attached hydrogen (secondary N) is 1. The summed E-state index contributed by atoms with van der Waals surface area (Å²) >= 11 is 7.50. The maximum Gasteiger partial charge on any atom is 0.253 e. The van der Waals surface area contributed by atoms with Crippen LogP contribution in [-0.2, 0) is 5.60 Å². The van der Waals surface area contributed by atoms with Crippen molar-refractivity contribution in [2.45, 2.75) is 19.4 Å². The lowest BCUT2D eigenvalue weighted by atomic mass is 9.99. The molecule has 2 aromatic heterocycles. The zero-order chi connectivity index (χ0) is 16.2. The lowest BCUT2D eigenvalue weighted by Gasteiger charge is -2.22. The van der Waals surface area contributed by atoms with Crippen molar-refractivity contribution in [3.63, 3.8) is 0 Å². The molecular formula is C15H17ClN2O3S. The van der Waals surface area contributed by atoms with Crippen molar-refractivity contribution >= 4 is 28.8 Å². The Labute approximate surface area is 137 Å². The molecule has 0 aromatic carbocycles. The van der Waals surface area contributed by atoms with E-state index in [4.69, 9.17) is 16.3 Å². The molecule has 0 spiro atoms. The number of hydrogen-bond acceptors (Lipinski definition) is 5. The van der Waals surface area contributed by atoms with Crippen molar-refractivity contribution in [2.24, 2.45) is 0 Å². The maximum atomic E-state index is 12.1. The molecule has 2 rings (SSSR count). The summed E-state index contributed by atoms with van der Waals surface area (Å²) < 4.78 is 5.22. The first kappa shape index (κ1) is 16.7. The van der Waals surface area contributed by atoms with Gasteiger partial charge in [0, 0.05) is 6.20 Å². The highest BCUT2D eigenvalue weighted by molar-refractivity contribution is 7.08. The van der Waals surface area contributed by atoms with Gasteiger partial charge in [-0.2, -0.15) is 11.3 Å². The maximum absolute atomic E-state index is 12.1. The summed E-state index contributed by atoms with van der Waals surface area (Å²) in [6.45, 7) is 4.01. The van der Waals surface area contributed by atoms with E-state index in [1.165, 1.54) is 23.6 Å². The van der Waals surface area contributed by atoms with Crippen LogP contribution < -0.4 is 10.1 Å². The van der Waals surface area contributed by atoms with Crippen LogP contribution >= 0.6 is 22.9 Å². The van der Waals surface area contributed by atoms with Crippen LogP contribution in [0.5, 0.6) is 5.88 Å². The van der Waals surface area contributed by atoms with E-state index in [1.807, 2.05) is 23.8 Å². The molecule has 0 fully saturated rings. The van der Waals surface area contributed by atoms with E-state index in [0.29, 0.717) is 18.1 Å². The number of aliphatic hydroxyl groups is 1. The predicted molar refractivity (Wildman–Crippen MR) is 86.6 cm³/mol. The van der Waals surface area contributed by atoms with Gasteiger partial charge in [0.2, 0.25) is 5.88 Å². The van der Waals surface area contributed by atoms with E-state index in [2.05, 4.69) is 10.3 Å². The van der Waals surface area contributed by atoms with E-state index in [1.54, 1.807) is 6.92 Å². The highest BCUT2D eigenvalue weighted by Crippen LogP contribution is 2.24. The van der Waals surface area contributed by atoms with E-state index >= 15 is 0 Å². The van der Waals surface area contributed by atoms with Crippen molar-refractivity contribution in [2.75, 3.05) is 13.2 Å². The van der Waals surface area contributed by atoms with E-state index in [9.17, 15) is 9.90 Å². The Morgan fingerprint density at radius 3 is 2.95 bits per heavy atom. The molecule has 0 saturated carbocycles. The third-order valence-electron chi connectivity index (χ3n) is 3.09. The highest BCUT2D eigenvalue weighted by atomic mass is 35.5. The van der Waals surface area contributed by atoms with Gasteiger partial charge >= 0.3 is 0 Å². The summed E-state index contributed by atoms with van der Waals surface area (Å²) in [7, 11) is 0. The number of aromatic nitrogens is 1. The Morgan fingerprint density at radius 2 is 2.36 bits per heavy atom. The summed E-state index contributed by atoms with van der Waals surface area (Å²) in [6.07, 6.45) is 1.39. The van der Waals surface area contributed by atoms with Crippen LogP contribution in [0.15, 0.2) is 29.1 Å². The van der Waals surface area contributed by atoms with Gasteiger partial charge in [-0.25, -0.2) is 4.98 Å². The van der Waals surface area contributed by atoms with E-state index < -0.39 is 5.60 Å². The molecule has 2 heterocycles. The largest absolute Gasteiger partial charge is 0.477 e. The Bertz CT molecular complexity index is 644. The molecule has 1 atom stereocenters. The summed E-state index contributed by atoms with van der Waals surface area (Å²) in [5, 5.41) is 17.1. The van der Waals surface area contributed by atoms with Gasteiger partial charge in [0.25, 0.3) is 5.91 Å². The van der Waals surface area contributed by atoms with Crippen LogP contribution in [0.1, 0.15) is 29.8 Å². The van der Waals surface area contributed by atoms with E-state index in [0.717, 1.165) is 5.56 Å². The Morgan fingerprint density at radius 1 is 1.59 bits per heavy atom. The molecule has 2 N–H and O–H groups in total. The number of hydrogen-bond donors (Lipinski definition) is 2. The number of carbonyl (C=O) groups is 1. The van der Waals surface area contributed by atoms with Gasteiger partial charge < -0.3 is 15.2 Å². The second-order valence-corrected chi connectivity index (χ2v) is 6.10. The minimum Gasteiger partial charge on any atom is -0.477 e. The van der Waals surface area contributed by atoms with Crippen molar-refractivity contribution in [1.29, 1.82) is 0 Å². The van der Waals surface area contributed by atoms with Crippen molar-refractivity contribution in [1.82, 2.24) is 10.3 Å². The zero-order valence-corrected chi connectivity index (χ0v) is 13.9. The molecule has 5 nitrogen and oxygen atoms in total. The average molecular weight is 341 g/mol. The number of ether oxygens (including phenoxy) is 1. The van der Waals surface area contributed by atoms with Crippen molar-refractivity contribution in [3.05, 3.63) is 45.2 Å². The fourth-order valence-electron chi connectivity index (χ4n) is 1.82. The van der Waals surface area contributed by atoms with Crippen LogP contribution in [0, 0.1) is 0 Å². The van der Waals surface area contributed by atoms with Crippen LogP contribution in [0.25, 0.3) is 0 Å². The van der Waals surface area contributed by atoms with Gasteiger partial charge in [-0.3, -0.25) is 4.79 Å². The first-order valence-electron chi connectivity index (χ1n) is 6.75. The summed E-state index contributed by atoms with van der Waals surface area (Å²) in [4.78, 5) is 16.1. The number of rotatable bonds is 6.